The molecule has 0 radical (unpaired) electrons. The lowest BCUT2D eigenvalue weighted by atomic mass is 9.82. The predicted molar refractivity (Wildman–Crippen MR) is 81.8 cm³/mol. The van der Waals surface area contributed by atoms with Gasteiger partial charge >= 0.3 is 0 Å². The van der Waals surface area contributed by atoms with Gasteiger partial charge in [0.25, 0.3) is 0 Å². The van der Waals surface area contributed by atoms with Crippen LogP contribution in [0.5, 0.6) is 0 Å². The highest BCUT2D eigenvalue weighted by Gasteiger charge is 2.36. The second-order valence-electron chi connectivity index (χ2n) is 5.96. The quantitative estimate of drug-likeness (QED) is 0.885. The Bertz CT molecular complexity index is 700. The van der Waals surface area contributed by atoms with Crippen molar-refractivity contribution in [2.24, 2.45) is 5.41 Å². The van der Waals surface area contributed by atoms with Crippen LogP contribution in [0.1, 0.15) is 18.4 Å². The molecule has 1 aliphatic rings. The van der Waals surface area contributed by atoms with Gasteiger partial charge in [0, 0.05) is 31.4 Å². The van der Waals surface area contributed by atoms with Crippen LogP contribution in [0, 0.1) is 28.4 Å². The van der Waals surface area contributed by atoms with E-state index in [4.69, 9.17) is 10.00 Å². The Labute approximate surface area is 134 Å². The molecule has 0 spiro atoms. The molecule has 0 aliphatic carbocycles. The average molecular weight is 344 g/mol. The molecule has 8 heteroatoms. The van der Waals surface area contributed by atoms with Crippen LogP contribution in [0.4, 0.5) is 14.5 Å². The third-order valence-electron chi connectivity index (χ3n) is 3.93. The fourth-order valence-corrected chi connectivity index (χ4v) is 4.32. The van der Waals surface area contributed by atoms with Crippen molar-refractivity contribution in [2.75, 3.05) is 37.1 Å². The predicted octanol–water partition coefficient (Wildman–Crippen LogP) is 2.09. The zero-order valence-electron chi connectivity index (χ0n) is 12.7. The summed E-state index contributed by atoms with van der Waals surface area (Å²) in [5, 5.41) is 11.4. The van der Waals surface area contributed by atoms with Crippen molar-refractivity contribution in [2.45, 2.75) is 12.8 Å². The minimum absolute atomic E-state index is 0.0735. The maximum atomic E-state index is 13.9. The number of nitrogens with one attached hydrogen (secondary N) is 1. The lowest BCUT2D eigenvalue weighted by Crippen LogP contribution is -2.41. The van der Waals surface area contributed by atoms with Gasteiger partial charge in [-0.25, -0.2) is 17.2 Å². The smallest absolute Gasteiger partial charge is 0.150 e. The van der Waals surface area contributed by atoms with Crippen LogP contribution in [0.25, 0.3) is 0 Å². The Balaban J connectivity index is 2.21. The summed E-state index contributed by atoms with van der Waals surface area (Å²) in [5.74, 6) is -1.82. The van der Waals surface area contributed by atoms with Crippen LogP contribution in [0.3, 0.4) is 0 Å². The van der Waals surface area contributed by atoms with Gasteiger partial charge in [-0.3, -0.25) is 0 Å². The maximum Gasteiger partial charge on any atom is 0.150 e. The molecular weight excluding hydrogens is 326 g/mol. The second-order valence-corrected chi connectivity index (χ2v) is 8.10. The number of benzene rings is 1. The summed E-state index contributed by atoms with van der Waals surface area (Å²) in [6.07, 6.45) is 2.13. The van der Waals surface area contributed by atoms with Gasteiger partial charge in [0.1, 0.15) is 15.5 Å². The van der Waals surface area contributed by atoms with E-state index < -0.39 is 26.9 Å². The van der Waals surface area contributed by atoms with Crippen LogP contribution in [0.2, 0.25) is 0 Å². The molecule has 1 saturated heterocycles. The molecule has 0 saturated carbocycles. The number of rotatable bonds is 5. The highest BCUT2D eigenvalue weighted by molar-refractivity contribution is 7.90. The number of anilines is 1. The number of sulfone groups is 1. The van der Waals surface area contributed by atoms with Crippen molar-refractivity contribution in [3.63, 3.8) is 0 Å². The molecule has 0 bridgehead atoms. The first-order valence-electron chi connectivity index (χ1n) is 7.13. The molecule has 1 N–H and O–H groups in total. The maximum absolute atomic E-state index is 13.9. The number of nitrogens with zero attached hydrogens (tertiary/aromatic N) is 1. The van der Waals surface area contributed by atoms with E-state index >= 15 is 0 Å². The van der Waals surface area contributed by atoms with Crippen LogP contribution in [-0.4, -0.2) is 40.2 Å². The van der Waals surface area contributed by atoms with Crippen LogP contribution in [-0.2, 0) is 14.6 Å². The van der Waals surface area contributed by atoms with Crippen molar-refractivity contribution in [3.05, 3.63) is 29.3 Å². The van der Waals surface area contributed by atoms with Gasteiger partial charge in [0.2, 0.25) is 0 Å². The van der Waals surface area contributed by atoms with Crippen LogP contribution >= 0.6 is 0 Å². The zero-order valence-corrected chi connectivity index (χ0v) is 13.5. The first-order valence-corrected chi connectivity index (χ1v) is 9.19. The fraction of sp³-hybridized carbons (Fsp3) is 0.533. The van der Waals surface area contributed by atoms with Crippen LogP contribution < -0.4 is 5.32 Å². The Kier molecular flexibility index (Phi) is 5.22. The summed E-state index contributed by atoms with van der Waals surface area (Å²) in [4.78, 5) is 0. The largest absolute Gasteiger partial charge is 0.381 e. The van der Waals surface area contributed by atoms with Gasteiger partial charge in [0.15, 0.2) is 11.6 Å². The molecule has 0 aromatic heterocycles. The Morgan fingerprint density at radius 2 is 1.87 bits per heavy atom. The van der Waals surface area contributed by atoms with Crippen LogP contribution in [0.15, 0.2) is 12.1 Å². The first-order chi connectivity index (χ1) is 10.7. The van der Waals surface area contributed by atoms with Crippen molar-refractivity contribution in [1.82, 2.24) is 0 Å². The standard InChI is InChI=1S/C15H18F2N2O3S/c1-23(20,21)10-15(2-4-22-5-3-15)9-19-14-12(16)6-11(8-18)7-13(14)17/h6-7,19H,2-5,9-10H2,1H3. The number of halogens is 2. The molecule has 1 fully saturated rings. The monoisotopic (exact) mass is 344 g/mol. The van der Waals surface area contributed by atoms with E-state index in [2.05, 4.69) is 5.32 Å². The van der Waals surface area contributed by atoms with E-state index in [9.17, 15) is 17.2 Å². The molecule has 1 aromatic rings. The summed E-state index contributed by atoms with van der Waals surface area (Å²) < 4.78 is 56.5. The lowest BCUT2D eigenvalue weighted by molar-refractivity contribution is 0.0315. The molecule has 126 valence electrons. The van der Waals surface area contributed by atoms with Gasteiger partial charge in [-0.05, 0) is 25.0 Å². The highest BCUT2D eigenvalue weighted by Crippen LogP contribution is 2.33. The van der Waals surface area contributed by atoms with E-state index in [1.165, 1.54) is 0 Å². The number of hydrogen-bond acceptors (Lipinski definition) is 5. The molecule has 1 heterocycles. The van der Waals surface area contributed by atoms with Gasteiger partial charge in [-0.1, -0.05) is 0 Å². The zero-order chi connectivity index (χ0) is 17.1. The molecule has 23 heavy (non-hydrogen) atoms. The second kappa shape index (κ2) is 6.81. The Morgan fingerprint density at radius 1 is 1.30 bits per heavy atom. The normalized spacial score (nSPS) is 17.5. The van der Waals surface area contributed by atoms with Crippen molar-refractivity contribution >= 4 is 15.5 Å². The summed E-state index contributed by atoms with van der Waals surface area (Å²) in [6, 6.07) is 3.56. The van der Waals surface area contributed by atoms with E-state index in [1.807, 2.05) is 0 Å². The SMILES string of the molecule is CS(=O)(=O)CC1(CNc2c(F)cc(C#N)cc2F)CCOCC1. The Morgan fingerprint density at radius 3 is 2.35 bits per heavy atom. The highest BCUT2D eigenvalue weighted by atomic mass is 32.2. The molecular formula is C15H18F2N2O3S. The molecule has 1 aromatic carbocycles. The molecule has 1 aliphatic heterocycles. The van der Waals surface area contributed by atoms with Gasteiger partial charge in [-0.15, -0.1) is 0 Å². The summed E-state index contributed by atoms with van der Waals surface area (Å²) in [7, 11) is -3.24. The first kappa shape index (κ1) is 17.6. The third-order valence-corrected chi connectivity index (χ3v) is 5.07. The van der Waals surface area contributed by atoms with E-state index in [0.717, 1.165) is 18.4 Å². The van der Waals surface area contributed by atoms with Gasteiger partial charge in [0.05, 0.1) is 17.4 Å². The number of nitriles is 1. The number of ether oxygens (including phenoxy) is 1. The van der Waals surface area contributed by atoms with Gasteiger partial charge < -0.3 is 10.1 Å². The molecule has 0 unspecified atom stereocenters. The van der Waals surface area contributed by atoms with Gasteiger partial charge in [-0.2, -0.15) is 5.26 Å². The topological polar surface area (TPSA) is 79.2 Å². The van der Waals surface area contributed by atoms with E-state index in [0.29, 0.717) is 26.1 Å². The fourth-order valence-electron chi connectivity index (χ4n) is 2.82. The molecule has 5 nitrogen and oxygen atoms in total. The average Bonchev–Trinajstić information content (AvgIpc) is 2.45. The summed E-state index contributed by atoms with van der Waals surface area (Å²) >= 11 is 0. The van der Waals surface area contributed by atoms with Crippen molar-refractivity contribution < 1.29 is 21.9 Å². The minimum Gasteiger partial charge on any atom is -0.381 e. The summed E-state index contributed by atoms with van der Waals surface area (Å²) in [5.41, 5.74) is -1.08. The Hall–Kier alpha value is -1.72. The minimum atomic E-state index is -3.24. The van der Waals surface area contributed by atoms with Crippen molar-refractivity contribution in [1.29, 1.82) is 5.26 Å². The van der Waals surface area contributed by atoms with E-state index in [1.54, 1.807) is 6.07 Å². The van der Waals surface area contributed by atoms with Crippen molar-refractivity contribution in [3.8, 4) is 6.07 Å². The molecule has 0 atom stereocenters. The third kappa shape index (κ3) is 4.62. The molecule has 0 amide bonds. The lowest BCUT2D eigenvalue weighted by Gasteiger charge is -2.37. The number of hydrogen-bond donors (Lipinski definition) is 1. The van der Waals surface area contributed by atoms with E-state index in [-0.39, 0.29) is 23.5 Å². The summed E-state index contributed by atoms with van der Waals surface area (Å²) in [6.45, 7) is 0.939. The molecule has 2 rings (SSSR count).